The average Bonchev–Trinajstić information content (AvgIpc) is 2.79. The van der Waals surface area contributed by atoms with Crippen molar-refractivity contribution in [1.29, 1.82) is 0 Å². The molecule has 0 aliphatic carbocycles. The van der Waals surface area contributed by atoms with Crippen molar-refractivity contribution in [3.8, 4) is 22.6 Å². The molecule has 0 saturated heterocycles. The van der Waals surface area contributed by atoms with Crippen LogP contribution >= 0.6 is 31.9 Å². The second kappa shape index (κ2) is 5.54. The van der Waals surface area contributed by atoms with Gasteiger partial charge in [0.2, 0.25) is 0 Å². The maximum atomic E-state index is 6.11. The number of halogens is 2. The standard InChI is InChI=1S/C15H12Br2N4/c16-11-7-6-10(8-12(11)17)13-14(18)21(19)15(20-13)9-4-2-1-3-5-9/h1-8H,18-19H2. The first-order valence-electron chi connectivity index (χ1n) is 6.22. The number of rotatable bonds is 2. The molecule has 6 heteroatoms. The number of nitrogens with zero attached hydrogens (tertiary/aromatic N) is 2. The molecule has 106 valence electrons. The molecular formula is C15H12Br2N4. The molecule has 4 N–H and O–H groups in total. The summed E-state index contributed by atoms with van der Waals surface area (Å²) in [6.07, 6.45) is 0. The summed E-state index contributed by atoms with van der Waals surface area (Å²) >= 11 is 6.93. The molecule has 0 unspecified atom stereocenters. The highest BCUT2D eigenvalue weighted by molar-refractivity contribution is 9.13. The summed E-state index contributed by atoms with van der Waals surface area (Å²) in [6.45, 7) is 0. The zero-order valence-electron chi connectivity index (χ0n) is 10.9. The Morgan fingerprint density at radius 3 is 2.29 bits per heavy atom. The maximum Gasteiger partial charge on any atom is 0.160 e. The summed E-state index contributed by atoms with van der Waals surface area (Å²) in [6, 6.07) is 15.6. The largest absolute Gasteiger partial charge is 0.382 e. The smallest absolute Gasteiger partial charge is 0.160 e. The van der Waals surface area contributed by atoms with Gasteiger partial charge in [-0.15, -0.1) is 0 Å². The van der Waals surface area contributed by atoms with Crippen LogP contribution in [-0.4, -0.2) is 9.66 Å². The van der Waals surface area contributed by atoms with Gasteiger partial charge in [0.05, 0.1) is 0 Å². The molecular weight excluding hydrogens is 396 g/mol. The zero-order valence-corrected chi connectivity index (χ0v) is 14.1. The van der Waals surface area contributed by atoms with Crippen molar-refractivity contribution in [1.82, 2.24) is 9.66 Å². The molecule has 0 bridgehead atoms. The zero-order chi connectivity index (χ0) is 15.0. The van der Waals surface area contributed by atoms with Gasteiger partial charge in [0, 0.05) is 20.1 Å². The minimum Gasteiger partial charge on any atom is -0.382 e. The minimum absolute atomic E-state index is 0.433. The van der Waals surface area contributed by atoms with Gasteiger partial charge in [0.15, 0.2) is 11.6 Å². The van der Waals surface area contributed by atoms with Crippen molar-refractivity contribution in [2.45, 2.75) is 0 Å². The van der Waals surface area contributed by atoms with Gasteiger partial charge in [0.25, 0.3) is 0 Å². The van der Waals surface area contributed by atoms with Gasteiger partial charge >= 0.3 is 0 Å². The van der Waals surface area contributed by atoms with Gasteiger partial charge in [-0.2, -0.15) is 0 Å². The second-order valence-corrected chi connectivity index (χ2v) is 6.24. The average molecular weight is 408 g/mol. The van der Waals surface area contributed by atoms with Crippen LogP contribution in [0.5, 0.6) is 0 Å². The number of nitrogens with two attached hydrogens (primary N) is 2. The van der Waals surface area contributed by atoms with Crippen molar-refractivity contribution >= 4 is 37.7 Å². The molecule has 0 atom stereocenters. The third kappa shape index (κ3) is 2.56. The predicted octanol–water partition coefficient (Wildman–Crippen LogP) is 4.04. The SMILES string of the molecule is Nc1c(-c2ccc(Br)c(Br)c2)nc(-c2ccccc2)n1N. The van der Waals surface area contributed by atoms with E-state index in [-0.39, 0.29) is 0 Å². The fourth-order valence-corrected chi connectivity index (χ4v) is 2.72. The van der Waals surface area contributed by atoms with Crippen LogP contribution in [0.2, 0.25) is 0 Å². The summed E-state index contributed by atoms with van der Waals surface area (Å²) in [5, 5.41) is 0. The minimum atomic E-state index is 0.433. The van der Waals surface area contributed by atoms with Crippen molar-refractivity contribution in [3.63, 3.8) is 0 Å². The molecule has 1 heterocycles. The predicted molar refractivity (Wildman–Crippen MR) is 93.1 cm³/mol. The van der Waals surface area contributed by atoms with E-state index in [1.165, 1.54) is 4.68 Å². The summed E-state index contributed by atoms with van der Waals surface area (Å²) in [4.78, 5) is 4.60. The van der Waals surface area contributed by atoms with Crippen LogP contribution in [0.1, 0.15) is 0 Å². The molecule has 3 aromatic rings. The Morgan fingerprint density at radius 1 is 0.905 bits per heavy atom. The van der Waals surface area contributed by atoms with Gasteiger partial charge in [0.1, 0.15) is 5.69 Å². The normalized spacial score (nSPS) is 10.8. The molecule has 3 rings (SSSR count). The van der Waals surface area contributed by atoms with E-state index in [9.17, 15) is 0 Å². The van der Waals surface area contributed by atoms with E-state index in [2.05, 4.69) is 36.8 Å². The van der Waals surface area contributed by atoms with Gasteiger partial charge in [-0.25, -0.2) is 9.66 Å². The molecule has 0 aliphatic rings. The van der Waals surface area contributed by atoms with Gasteiger partial charge in [-0.3, -0.25) is 0 Å². The Bertz CT molecular complexity index is 797. The van der Waals surface area contributed by atoms with Crippen molar-refractivity contribution < 1.29 is 0 Å². The summed E-state index contributed by atoms with van der Waals surface area (Å²) in [5.41, 5.74) is 8.61. The first-order chi connectivity index (χ1) is 10.1. The van der Waals surface area contributed by atoms with Crippen molar-refractivity contribution in [3.05, 3.63) is 57.5 Å². The fraction of sp³-hybridized carbons (Fsp3) is 0. The van der Waals surface area contributed by atoms with Crippen LogP contribution in [-0.2, 0) is 0 Å². The lowest BCUT2D eigenvalue weighted by Gasteiger charge is -2.03. The number of anilines is 1. The Balaban J connectivity index is 2.15. The molecule has 4 nitrogen and oxygen atoms in total. The molecule has 2 aromatic carbocycles. The molecule has 1 aromatic heterocycles. The van der Waals surface area contributed by atoms with E-state index < -0.39 is 0 Å². The van der Waals surface area contributed by atoms with Crippen LogP contribution < -0.4 is 11.6 Å². The lowest BCUT2D eigenvalue weighted by atomic mass is 10.1. The van der Waals surface area contributed by atoms with Crippen LogP contribution in [0.4, 0.5) is 5.82 Å². The Hall–Kier alpha value is -1.79. The van der Waals surface area contributed by atoms with Crippen LogP contribution in [0.15, 0.2) is 57.5 Å². The van der Waals surface area contributed by atoms with Crippen molar-refractivity contribution in [2.75, 3.05) is 11.6 Å². The lowest BCUT2D eigenvalue weighted by Crippen LogP contribution is -2.13. The van der Waals surface area contributed by atoms with Gasteiger partial charge in [-0.1, -0.05) is 36.4 Å². The summed E-state index contributed by atoms with van der Waals surface area (Å²) in [7, 11) is 0. The fourth-order valence-electron chi connectivity index (χ4n) is 2.09. The molecule has 0 fully saturated rings. The number of benzene rings is 2. The number of hydrogen-bond donors (Lipinski definition) is 2. The van der Waals surface area contributed by atoms with Crippen LogP contribution in [0.25, 0.3) is 22.6 Å². The Morgan fingerprint density at radius 2 is 1.62 bits per heavy atom. The molecule has 0 radical (unpaired) electrons. The highest BCUT2D eigenvalue weighted by Crippen LogP contribution is 2.33. The molecule has 0 aliphatic heterocycles. The third-order valence-corrected chi connectivity index (χ3v) is 5.05. The second-order valence-electron chi connectivity index (χ2n) is 4.53. The van der Waals surface area contributed by atoms with E-state index in [4.69, 9.17) is 11.6 Å². The van der Waals surface area contributed by atoms with E-state index in [0.717, 1.165) is 20.1 Å². The highest BCUT2D eigenvalue weighted by Gasteiger charge is 2.16. The molecule has 21 heavy (non-hydrogen) atoms. The van der Waals surface area contributed by atoms with Gasteiger partial charge in [-0.05, 0) is 44.0 Å². The van der Waals surface area contributed by atoms with Gasteiger partial charge < -0.3 is 11.6 Å². The lowest BCUT2D eigenvalue weighted by molar-refractivity contribution is 1.02. The highest BCUT2D eigenvalue weighted by atomic mass is 79.9. The summed E-state index contributed by atoms with van der Waals surface area (Å²) < 4.78 is 3.33. The maximum absolute atomic E-state index is 6.11. The first-order valence-corrected chi connectivity index (χ1v) is 7.80. The Labute approximate surface area is 139 Å². The van der Waals surface area contributed by atoms with E-state index in [0.29, 0.717) is 17.3 Å². The topological polar surface area (TPSA) is 69.9 Å². The quantitative estimate of drug-likeness (QED) is 0.629. The Kier molecular flexibility index (Phi) is 3.73. The van der Waals surface area contributed by atoms with E-state index >= 15 is 0 Å². The van der Waals surface area contributed by atoms with E-state index in [1.807, 2.05) is 48.5 Å². The van der Waals surface area contributed by atoms with Crippen LogP contribution in [0, 0.1) is 0 Å². The first kappa shape index (κ1) is 14.2. The van der Waals surface area contributed by atoms with Crippen LogP contribution in [0.3, 0.4) is 0 Å². The van der Waals surface area contributed by atoms with E-state index in [1.54, 1.807) is 0 Å². The molecule has 0 amide bonds. The number of imidazole rings is 1. The van der Waals surface area contributed by atoms with Crippen molar-refractivity contribution in [2.24, 2.45) is 0 Å². The third-order valence-electron chi connectivity index (χ3n) is 3.17. The monoisotopic (exact) mass is 406 g/mol. The molecule has 0 spiro atoms. The molecule has 0 saturated carbocycles. The number of hydrogen-bond acceptors (Lipinski definition) is 3. The summed E-state index contributed by atoms with van der Waals surface area (Å²) in [5.74, 6) is 7.12. The number of nitrogen functional groups attached to an aromatic ring is 2. The number of aromatic nitrogens is 2.